The highest BCUT2D eigenvalue weighted by atomic mass is 16.6. The maximum atomic E-state index is 12.9. The largest absolute Gasteiger partial charge is 0.444 e. The third-order valence-electron chi connectivity index (χ3n) is 6.58. The fourth-order valence-corrected chi connectivity index (χ4v) is 4.82. The van der Waals surface area contributed by atoms with Crippen molar-refractivity contribution in [3.05, 3.63) is 82.6 Å². The van der Waals surface area contributed by atoms with Crippen LogP contribution in [0.1, 0.15) is 57.2 Å². The molecule has 2 aromatic rings. The van der Waals surface area contributed by atoms with Gasteiger partial charge < -0.3 is 20.7 Å². The predicted molar refractivity (Wildman–Crippen MR) is 145 cm³/mol. The van der Waals surface area contributed by atoms with Crippen LogP contribution >= 0.6 is 0 Å². The van der Waals surface area contributed by atoms with E-state index in [0.29, 0.717) is 25.2 Å². The first kappa shape index (κ1) is 26.8. The smallest absolute Gasteiger partial charge is 0.407 e. The van der Waals surface area contributed by atoms with Crippen molar-refractivity contribution in [3.63, 3.8) is 0 Å². The Labute approximate surface area is 222 Å². The summed E-state index contributed by atoms with van der Waals surface area (Å²) in [5.74, 6) is -0.0411. The molecular weight excluding hydrogens is 482 g/mol. The zero-order valence-electron chi connectivity index (χ0n) is 22.1. The molecule has 2 heterocycles. The Balaban J connectivity index is 1.38. The van der Waals surface area contributed by atoms with Gasteiger partial charge in [0.05, 0.1) is 5.41 Å². The average molecular weight is 516 g/mol. The van der Waals surface area contributed by atoms with E-state index in [2.05, 4.69) is 20.9 Å². The Morgan fingerprint density at radius 1 is 1.11 bits per heavy atom. The second kappa shape index (κ2) is 10.6. The van der Waals surface area contributed by atoms with E-state index >= 15 is 0 Å². The van der Waals surface area contributed by atoms with Crippen molar-refractivity contribution in [1.82, 2.24) is 15.6 Å². The van der Waals surface area contributed by atoms with Gasteiger partial charge in [0.2, 0.25) is 5.91 Å². The predicted octanol–water partition coefficient (Wildman–Crippen LogP) is 4.30. The molecule has 3 amide bonds. The van der Waals surface area contributed by atoms with Gasteiger partial charge >= 0.3 is 6.09 Å². The van der Waals surface area contributed by atoms with Crippen molar-refractivity contribution in [3.8, 4) is 0 Å². The molecule has 2 aliphatic rings. The van der Waals surface area contributed by atoms with Crippen molar-refractivity contribution >= 4 is 29.4 Å². The number of amides is 3. The standard InChI is InChI=1S/C29H33N5O4/c1-5-20-14-29(22-10-7-11-31-24(22)34-26(29)36)15-21(20)13-23(30)25(35)32-16-18-8-6-9-19(12-18)17-33-27(37)38-28(2,3)4/h5-13,30H,14-17H2,1-4H3,(H,32,35)(H,33,37)(H,31,34,36)/b20-5-,21-13-,30-23?. The van der Waals surface area contributed by atoms with Gasteiger partial charge in [0, 0.05) is 24.8 Å². The lowest BCUT2D eigenvalue weighted by Crippen LogP contribution is -2.32. The lowest BCUT2D eigenvalue weighted by Gasteiger charge is -2.19. The van der Waals surface area contributed by atoms with Crippen molar-refractivity contribution in [2.24, 2.45) is 0 Å². The van der Waals surface area contributed by atoms with Crippen LogP contribution in [0.2, 0.25) is 0 Å². The molecule has 1 unspecified atom stereocenters. The summed E-state index contributed by atoms with van der Waals surface area (Å²) in [6.45, 7) is 7.82. The molecule has 1 spiro atoms. The zero-order valence-corrected chi connectivity index (χ0v) is 22.1. The first-order chi connectivity index (χ1) is 18.0. The molecular formula is C29H33N5O4. The Hall–Kier alpha value is -4.27. The Kier molecular flexibility index (Phi) is 7.48. The molecule has 1 aromatic heterocycles. The number of rotatable bonds is 6. The van der Waals surface area contributed by atoms with Crippen LogP contribution in [0.3, 0.4) is 0 Å². The number of hydrogen-bond donors (Lipinski definition) is 4. The van der Waals surface area contributed by atoms with E-state index in [1.54, 1.807) is 33.0 Å². The molecule has 1 atom stereocenters. The van der Waals surface area contributed by atoms with Gasteiger partial charge in [0.25, 0.3) is 5.91 Å². The number of ether oxygens (including phenoxy) is 1. The minimum absolute atomic E-state index is 0.106. The number of fused-ring (bicyclic) bond motifs is 2. The number of carbonyl (C=O) groups excluding carboxylic acids is 3. The number of carbonyl (C=O) groups is 3. The van der Waals surface area contributed by atoms with E-state index in [1.807, 2.05) is 49.4 Å². The molecule has 0 bridgehead atoms. The summed E-state index contributed by atoms with van der Waals surface area (Å²) in [5, 5.41) is 16.8. The van der Waals surface area contributed by atoms with Crippen LogP contribution in [-0.2, 0) is 32.8 Å². The van der Waals surface area contributed by atoms with E-state index < -0.39 is 23.0 Å². The molecule has 1 saturated carbocycles. The molecule has 9 heteroatoms. The summed E-state index contributed by atoms with van der Waals surface area (Å²) in [5.41, 5.74) is 2.78. The van der Waals surface area contributed by atoms with E-state index in [9.17, 15) is 14.4 Å². The highest BCUT2D eigenvalue weighted by Gasteiger charge is 2.52. The van der Waals surface area contributed by atoms with Gasteiger partial charge in [0.15, 0.2) is 0 Å². The third kappa shape index (κ3) is 5.82. The highest BCUT2D eigenvalue weighted by molar-refractivity contribution is 6.42. The third-order valence-corrected chi connectivity index (χ3v) is 6.58. The van der Waals surface area contributed by atoms with Crippen LogP contribution in [0.4, 0.5) is 10.6 Å². The van der Waals surface area contributed by atoms with E-state index in [-0.39, 0.29) is 18.2 Å². The van der Waals surface area contributed by atoms with Crippen molar-refractivity contribution in [2.45, 2.75) is 64.6 Å². The van der Waals surface area contributed by atoms with Crippen LogP contribution in [0.15, 0.2) is 65.9 Å². The van der Waals surface area contributed by atoms with Crippen LogP contribution in [-0.4, -0.2) is 34.2 Å². The second-order valence-electron chi connectivity index (χ2n) is 10.5. The van der Waals surface area contributed by atoms with E-state index in [0.717, 1.165) is 27.8 Å². The maximum Gasteiger partial charge on any atom is 0.407 e. The SMILES string of the molecule is C/C=C1/CC2(C/C1=C/C(=N)C(=O)NCc1cccc(CNC(=O)OC(C)(C)C)c1)C(=O)Nc1ncccc12. The van der Waals surface area contributed by atoms with E-state index in [1.165, 1.54) is 0 Å². The number of pyridine rings is 1. The summed E-state index contributed by atoms with van der Waals surface area (Å²) in [4.78, 5) is 41.9. The van der Waals surface area contributed by atoms with Crippen molar-refractivity contribution < 1.29 is 19.1 Å². The Bertz CT molecular complexity index is 1350. The molecule has 4 rings (SSSR count). The van der Waals surface area contributed by atoms with Crippen molar-refractivity contribution in [1.29, 1.82) is 5.41 Å². The zero-order chi connectivity index (χ0) is 27.5. The van der Waals surface area contributed by atoms with Gasteiger partial charge in [-0.2, -0.15) is 0 Å². The number of hydrogen-bond acceptors (Lipinski definition) is 6. The van der Waals surface area contributed by atoms with Gasteiger partial charge in [-0.25, -0.2) is 9.78 Å². The van der Waals surface area contributed by atoms with Crippen molar-refractivity contribution in [2.75, 3.05) is 5.32 Å². The molecule has 198 valence electrons. The Morgan fingerprint density at radius 3 is 2.47 bits per heavy atom. The van der Waals surface area contributed by atoms with Gasteiger partial charge in [-0.1, -0.05) is 36.4 Å². The molecule has 0 radical (unpaired) electrons. The maximum absolute atomic E-state index is 12.9. The highest BCUT2D eigenvalue weighted by Crippen LogP contribution is 2.52. The summed E-state index contributed by atoms with van der Waals surface area (Å²) in [7, 11) is 0. The lowest BCUT2D eigenvalue weighted by molar-refractivity contribution is -0.120. The molecule has 1 aliphatic carbocycles. The summed E-state index contributed by atoms with van der Waals surface area (Å²) in [6, 6.07) is 11.2. The molecule has 4 N–H and O–H groups in total. The second-order valence-corrected chi connectivity index (χ2v) is 10.5. The molecule has 0 saturated heterocycles. The van der Waals surface area contributed by atoms with Gasteiger partial charge in [-0.3, -0.25) is 15.0 Å². The van der Waals surface area contributed by atoms with Crippen LogP contribution in [0, 0.1) is 5.41 Å². The van der Waals surface area contributed by atoms with Crippen LogP contribution in [0.25, 0.3) is 0 Å². The summed E-state index contributed by atoms with van der Waals surface area (Å²) in [6.07, 6.45) is 5.54. The topological polar surface area (TPSA) is 133 Å². The number of aromatic nitrogens is 1. The summed E-state index contributed by atoms with van der Waals surface area (Å²) < 4.78 is 5.25. The minimum atomic E-state index is -0.762. The molecule has 38 heavy (non-hydrogen) atoms. The number of alkyl carbamates (subject to hydrolysis) is 1. The number of anilines is 1. The normalized spacial score (nSPS) is 20.4. The quantitative estimate of drug-likeness (QED) is 0.426. The number of benzene rings is 1. The minimum Gasteiger partial charge on any atom is -0.444 e. The number of allylic oxidation sites excluding steroid dienone is 3. The Morgan fingerprint density at radius 2 is 1.79 bits per heavy atom. The van der Waals surface area contributed by atoms with Gasteiger partial charge in [-0.05, 0) is 75.0 Å². The van der Waals surface area contributed by atoms with E-state index in [4.69, 9.17) is 10.1 Å². The lowest BCUT2D eigenvalue weighted by atomic mass is 9.80. The fraction of sp³-hybridized carbons (Fsp3) is 0.345. The molecule has 1 aromatic carbocycles. The van der Waals surface area contributed by atoms with Gasteiger partial charge in [0.1, 0.15) is 17.1 Å². The van der Waals surface area contributed by atoms with Gasteiger partial charge in [-0.15, -0.1) is 0 Å². The average Bonchev–Trinajstić information content (AvgIpc) is 3.37. The van der Waals surface area contributed by atoms with Crippen LogP contribution < -0.4 is 16.0 Å². The fourth-order valence-electron chi connectivity index (χ4n) is 4.82. The van der Waals surface area contributed by atoms with Crippen LogP contribution in [0.5, 0.6) is 0 Å². The number of nitrogens with one attached hydrogen (secondary N) is 4. The monoisotopic (exact) mass is 515 g/mol. The summed E-state index contributed by atoms with van der Waals surface area (Å²) >= 11 is 0. The number of nitrogens with zero attached hydrogens (tertiary/aromatic N) is 1. The molecule has 9 nitrogen and oxygen atoms in total. The molecule has 1 fully saturated rings. The first-order valence-electron chi connectivity index (χ1n) is 12.6. The molecule has 1 aliphatic heterocycles. The first-order valence-corrected chi connectivity index (χ1v) is 12.6.